The summed E-state index contributed by atoms with van der Waals surface area (Å²) >= 11 is 0. The number of hydrogen-bond donors (Lipinski definition) is 1. The Hall–Kier alpha value is -1.01. The first kappa shape index (κ1) is 10.5. The summed E-state index contributed by atoms with van der Waals surface area (Å²) in [5, 5.41) is 11.7. The van der Waals surface area contributed by atoms with Gasteiger partial charge in [-0.05, 0) is 30.9 Å². The number of aryl methyl sites for hydroxylation is 1. The molecular weight excluding hydrogens is 194 g/mol. The lowest BCUT2D eigenvalue weighted by Crippen LogP contribution is -2.32. The zero-order valence-electron chi connectivity index (χ0n) is 8.96. The molecule has 0 spiro atoms. The van der Waals surface area contributed by atoms with E-state index in [1.54, 1.807) is 7.05 Å². The first-order chi connectivity index (χ1) is 7.24. The van der Waals surface area contributed by atoms with Gasteiger partial charge >= 0.3 is 0 Å². The van der Waals surface area contributed by atoms with Crippen LogP contribution in [0.4, 0.5) is 0 Å². The molecule has 1 aromatic rings. The molecule has 0 saturated heterocycles. The molecule has 2 unspecified atom stereocenters. The van der Waals surface area contributed by atoms with E-state index in [9.17, 15) is 0 Å². The van der Waals surface area contributed by atoms with E-state index in [2.05, 4.69) is 15.4 Å². The standard InChI is InChI=1S/C9H17N5O/c1-14-12-9(11-13-14)6-15-8-4-2-3-7(10)5-8/h7-8H,2-6,10H2,1H3. The van der Waals surface area contributed by atoms with Crippen LogP contribution in [0, 0.1) is 0 Å². The van der Waals surface area contributed by atoms with Gasteiger partial charge in [-0.2, -0.15) is 4.80 Å². The van der Waals surface area contributed by atoms with Crippen molar-refractivity contribution in [2.24, 2.45) is 12.8 Å². The molecule has 1 heterocycles. The van der Waals surface area contributed by atoms with Crippen molar-refractivity contribution >= 4 is 0 Å². The van der Waals surface area contributed by atoms with E-state index in [4.69, 9.17) is 10.5 Å². The van der Waals surface area contributed by atoms with Gasteiger partial charge < -0.3 is 10.5 Å². The second-order valence-electron chi connectivity index (χ2n) is 4.05. The summed E-state index contributed by atoms with van der Waals surface area (Å²) in [6.45, 7) is 0.436. The highest BCUT2D eigenvalue weighted by molar-refractivity contribution is 4.77. The van der Waals surface area contributed by atoms with Crippen LogP contribution in [-0.2, 0) is 18.4 Å². The Labute approximate surface area is 88.8 Å². The summed E-state index contributed by atoms with van der Waals surface area (Å²) < 4.78 is 5.69. The van der Waals surface area contributed by atoms with Gasteiger partial charge in [-0.25, -0.2) is 0 Å². The van der Waals surface area contributed by atoms with Crippen LogP contribution in [0.15, 0.2) is 0 Å². The number of ether oxygens (including phenoxy) is 1. The fraction of sp³-hybridized carbons (Fsp3) is 0.889. The van der Waals surface area contributed by atoms with Gasteiger partial charge in [0.15, 0.2) is 5.82 Å². The third kappa shape index (κ3) is 2.97. The molecule has 0 bridgehead atoms. The predicted octanol–water partition coefficient (Wildman–Crippen LogP) is -0.00340. The van der Waals surface area contributed by atoms with Crippen molar-refractivity contribution < 1.29 is 4.74 Å². The largest absolute Gasteiger partial charge is 0.370 e. The van der Waals surface area contributed by atoms with Crippen LogP contribution < -0.4 is 5.73 Å². The molecule has 1 aliphatic carbocycles. The van der Waals surface area contributed by atoms with Crippen molar-refractivity contribution in [2.75, 3.05) is 0 Å². The summed E-state index contributed by atoms with van der Waals surface area (Å²) in [7, 11) is 1.74. The summed E-state index contributed by atoms with van der Waals surface area (Å²) in [5.41, 5.74) is 5.87. The Kier molecular flexibility index (Phi) is 3.27. The molecule has 1 fully saturated rings. The second-order valence-corrected chi connectivity index (χ2v) is 4.05. The molecule has 15 heavy (non-hydrogen) atoms. The molecule has 1 saturated carbocycles. The lowest BCUT2D eigenvalue weighted by molar-refractivity contribution is 0.00893. The van der Waals surface area contributed by atoms with Crippen molar-refractivity contribution in [3.8, 4) is 0 Å². The number of aromatic nitrogens is 4. The smallest absolute Gasteiger partial charge is 0.200 e. The first-order valence-corrected chi connectivity index (χ1v) is 5.34. The highest BCUT2D eigenvalue weighted by Crippen LogP contribution is 2.20. The molecule has 0 aliphatic heterocycles. The molecule has 0 aromatic carbocycles. The molecule has 1 aromatic heterocycles. The van der Waals surface area contributed by atoms with Crippen LogP contribution in [0.3, 0.4) is 0 Å². The fourth-order valence-electron chi connectivity index (χ4n) is 1.91. The van der Waals surface area contributed by atoms with Crippen molar-refractivity contribution in [1.82, 2.24) is 20.2 Å². The van der Waals surface area contributed by atoms with Gasteiger partial charge in [-0.3, -0.25) is 0 Å². The molecule has 84 valence electrons. The van der Waals surface area contributed by atoms with Gasteiger partial charge in [0.25, 0.3) is 0 Å². The van der Waals surface area contributed by atoms with E-state index in [0.717, 1.165) is 25.7 Å². The molecule has 6 nitrogen and oxygen atoms in total. The predicted molar refractivity (Wildman–Crippen MR) is 53.8 cm³/mol. The van der Waals surface area contributed by atoms with E-state index in [1.807, 2.05) is 0 Å². The van der Waals surface area contributed by atoms with Gasteiger partial charge in [0.05, 0.1) is 13.2 Å². The highest BCUT2D eigenvalue weighted by atomic mass is 16.5. The summed E-state index contributed by atoms with van der Waals surface area (Å²) in [6, 6.07) is 0.290. The number of hydrogen-bond acceptors (Lipinski definition) is 5. The molecule has 0 amide bonds. The average Bonchev–Trinajstić information content (AvgIpc) is 2.62. The number of tetrazole rings is 1. The van der Waals surface area contributed by atoms with Crippen LogP contribution in [0.25, 0.3) is 0 Å². The summed E-state index contributed by atoms with van der Waals surface area (Å²) in [5.74, 6) is 0.636. The minimum atomic E-state index is 0.262. The summed E-state index contributed by atoms with van der Waals surface area (Å²) in [4.78, 5) is 1.44. The van der Waals surface area contributed by atoms with Crippen LogP contribution in [0.2, 0.25) is 0 Å². The SMILES string of the molecule is Cn1nnc(COC2CCCC(N)C2)n1. The van der Waals surface area contributed by atoms with Crippen LogP contribution in [0.5, 0.6) is 0 Å². The van der Waals surface area contributed by atoms with Crippen LogP contribution >= 0.6 is 0 Å². The van der Waals surface area contributed by atoms with Gasteiger partial charge in [-0.15, -0.1) is 10.2 Å². The van der Waals surface area contributed by atoms with Crippen molar-refractivity contribution in [2.45, 2.75) is 44.4 Å². The first-order valence-electron chi connectivity index (χ1n) is 5.34. The number of nitrogens with two attached hydrogens (primary N) is 1. The maximum absolute atomic E-state index is 5.87. The quantitative estimate of drug-likeness (QED) is 0.761. The number of rotatable bonds is 3. The second kappa shape index (κ2) is 4.67. The molecule has 1 aliphatic rings. The Morgan fingerprint density at radius 2 is 2.40 bits per heavy atom. The Morgan fingerprint density at radius 3 is 3.07 bits per heavy atom. The van der Waals surface area contributed by atoms with Crippen LogP contribution in [-0.4, -0.2) is 32.4 Å². The Bertz CT molecular complexity index is 313. The molecule has 2 atom stereocenters. The zero-order chi connectivity index (χ0) is 10.7. The fourth-order valence-corrected chi connectivity index (χ4v) is 1.91. The van der Waals surface area contributed by atoms with E-state index in [-0.39, 0.29) is 6.10 Å². The molecule has 0 radical (unpaired) electrons. The minimum Gasteiger partial charge on any atom is -0.370 e. The highest BCUT2D eigenvalue weighted by Gasteiger charge is 2.20. The average molecular weight is 211 g/mol. The minimum absolute atomic E-state index is 0.262. The van der Waals surface area contributed by atoms with Crippen molar-refractivity contribution in [1.29, 1.82) is 0 Å². The molecule has 2 N–H and O–H groups in total. The summed E-state index contributed by atoms with van der Waals surface area (Å²) in [6.07, 6.45) is 4.56. The van der Waals surface area contributed by atoms with E-state index in [0.29, 0.717) is 18.5 Å². The van der Waals surface area contributed by atoms with Gasteiger partial charge in [-0.1, -0.05) is 0 Å². The maximum Gasteiger partial charge on any atom is 0.200 e. The van der Waals surface area contributed by atoms with E-state index in [1.165, 1.54) is 4.80 Å². The number of nitrogens with zero attached hydrogens (tertiary/aromatic N) is 4. The molecule has 6 heteroatoms. The van der Waals surface area contributed by atoms with Gasteiger partial charge in [0.2, 0.25) is 0 Å². The maximum atomic E-state index is 5.87. The van der Waals surface area contributed by atoms with E-state index >= 15 is 0 Å². The topological polar surface area (TPSA) is 78.8 Å². The van der Waals surface area contributed by atoms with Gasteiger partial charge in [0.1, 0.15) is 6.61 Å². The van der Waals surface area contributed by atoms with Crippen molar-refractivity contribution in [3.05, 3.63) is 5.82 Å². The molecular formula is C9H17N5O. The Morgan fingerprint density at radius 1 is 1.53 bits per heavy atom. The van der Waals surface area contributed by atoms with Crippen molar-refractivity contribution in [3.63, 3.8) is 0 Å². The normalized spacial score (nSPS) is 26.8. The third-order valence-electron chi connectivity index (χ3n) is 2.66. The Balaban J connectivity index is 1.77. The third-order valence-corrected chi connectivity index (χ3v) is 2.66. The lowest BCUT2D eigenvalue weighted by Gasteiger charge is -2.26. The monoisotopic (exact) mass is 211 g/mol. The lowest BCUT2D eigenvalue weighted by atomic mass is 9.94. The molecule has 2 rings (SSSR count). The van der Waals surface area contributed by atoms with Crippen LogP contribution in [0.1, 0.15) is 31.5 Å². The van der Waals surface area contributed by atoms with E-state index < -0.39 is 0 Å². The van der Waals surface area contributed by atoms with Gasteiger partial charge in [0, 0.05) is 6.04 Å². The zero-order valence-corrected chi connectivity index (χ0v) is 8.96.